The van der Waals surface area contributed by atoms with E-state index >= 15 is 0 Å². The summed E-state index contributed by atoms with van der Waals surface area (Å²) in [4.78, 5) is 22.3. The lowest BCUT2D eigenvalue weighted by molar-refractivity contribution is -0.143. The fraction of sp³-hybridized carbons (Fsp3) is 0.385. The summed E-state index contributed by atoms with van der Waals surface area (Å²) >= 11 is 3.29. The minimum atomic E-state index is -2.78. The summed E-state index contributed by atoms with van der Waals surface area (Å²) in [7, 11) is 0. The number of hydrogen-bond donors (Lipinski definition) is 2. The van der Waals surface area contributed by atoms with Crippen molar-refractivity contribution in [1.82, 2.24) is 5.32 Å². The Morgan fingerprint density at radius 3 is 2.60 bits per heavy atom. The van der Waals surface area contributed by atoms with E-state index in [1.54, 1.807) is 0 Å². The Labute approximate surface area is 123 Å². The van der Waals surface area contributed by atoms with E-state index in [0.29, 0.717) is 6.42 Å². The SMILES string of the molecule is O=C(CCc1cccc(Br)c1)NC(CC(F)F)C(=O)O. The molecule has 1 atom stereocenters. The Bertz CT molecular complexity index is 482. The number of aliphatic carboxylic acids is 1. The minimum Gasteiger partial charge on any atom is -0.480 e. The highest BCUT2D eigenvalue weighted by molar-refractivity contribution is 9.10. The van der Waals surface area contributed by atoms with Crippen molar-refractivity contribution in [2.75, 3.05) is 0 Å². The van der Waals surface area contributed by atoms with Gasteiger partial charge in [-0.25, -0.2) is 13.6 Å². The van der Waals surface area contributed by atoms with Crippen LogP contribution >= 0.6 is 15.9 Å². The van der Waals surface area contributed by atoms with E-state index in [1.807, 2.05) is 24.3 Å². The maximum Gasteiger partial charge on any atom is 0.326 e. The van der Waals surface area contributed by atoms with Gasteiger partial charge in [0.05, 0.1) is 0 Å². The number of rotatable bonds is 7. The summed E-state index contributed by atoms with van der Waals surface area (Å²) in [5.74, 6) is -2.01. The van der Waals surface area contributed by atoms with Crippen LogP contribution in [0.4, 0.5) is 8.78 Å². The van der Waals surface area contributed by atoms with Crippen molar-refractivity contribution < 1.29 is 23.5 Å². The molecule has 0 aliphatic carbocycles. The van der Waals surface area contributed by atoms with E-state index in [4.69, 9.17) is 5.11 Å². The van der Waals surface area contributed by atoms with Gasteiger partial charge in [-0.1, -0.05) is 28.1 Å². The fourth-order valence-corrected chi connectivity index (χ4v) is 2.06. The quantitative estimate of drug-likeness (QED) is 0.795. The van der Waals surface area contributed by atoms with Gasteiger partial charge in [0.2, 0.25) is 12.3 Å². The highest BCUT2D eigenvalue weighted by Gasteiger charge is 2.23. The van der Waals surface area contributed by atoms with Crippen LogP contribution in [0.5, 0.6) is 0 Å². The summed E-state index contributed by atoms with van der Waals surface area (Å²) in [6.45, 7) is 0. The zero-order valence-corrected chi connectivity index (χ0v) is 12.1. The van der Waals surface area contributed by atoms with E-state index in [0.717, 1.165) is 10.0 Å². The van der Waals surface area contributed by atoms with E-state index in [1.165, 1.54) is 0 Å². The number of alkyl halides is 2. The molecule has 0 aliphatic rings. The van der Waals surface area contributed by atoms with Crippen LogP contribution in [0.15, 0.2) is 28.7 Å². The monoisotopic (exact) mass is 349 g/mol. The molecule has 2 N–H and O–H groups in total. The van der Waals surface area contributed by atoms with Gasteiger partial charge in [-0.05, 0) is 24.1 Å². The summed E-state index contributed by atoms with van der Waals surface area (Å²) in [5, 5.41) is 10.8. The van der Waals surface area contributed by atoms with E-state index in [9.17, 15) is 18.4 Å². The van der Waals surface area contributed by atoms with E-state index in [2.05, 4.69) is 21.2 Å². The highest BCUT2D eigenvalue weighted by atomic mass is 79.9. The van der Waals surface area contributed by atoms with Crippen LogP contribution < -0.4 is 5.32 Å². The highest BCUT2D eigenvalue weighted by Crippen LogP contribution is 2.13. The second kappa shape index (κ2) is 7.94. The second-order valence-electron chi connectivity index (χ2n) is 4.22. The molecular formula is C13H14BrF2NO3. The van der Waals surface area contributed by atoms with Crippen molar-refractivity contribution in [3.63, 3.8) is 0 Å². The maximum atomic E-state index is 12.2. The van der Waals surface area contributed by atoms with Crippen LogP contribution in [0, 0.1) is 0 Å². The summed E-state index contributed by atoms with van der Waals surface area (Å²) in [6.07, 6.45) is -3.21. The van der Waals surface area contributed by atoms with Gasteiger partial charge in [-0.3, -0.25) is 4.79 Å². The molecule has 1 rings (SSSR count). The summed E-state index contributed by atoms with van der Waals surface area (Å²) in [5.41, 5.74) is 0.898. The average Bonchev–Trinajstić information content (AvgIpc) is 2.35. The van der Waals surface area contributed by atoms with Gasteiger partial charge in [-0.2, -0.15) is 0 Å². The van der Waals surface area contributed by atoms with Gasteiger partial charge in [0.25, 0.3) is 0 Å². The van der Waals surface area contributed by atoms with Gasteiger partial charge >= 0.3 is 5.97 Å². The lowest BCUT2D eigenvalue weighted by Gasteiger charge is -2.13. The zero-order chi connectivity index (χ0) is 15.1. The normalized spacial score (nSPS) is 12.2. The maximum absolute atomic E-state index is 12.2. The predicted molar refractivity (Wildman–Crippen MR) is 72.7 cm³/mol. The van der Waals surface area contributed by atoms with Crippen molar-refractivity contribution in [2.45, 2.75) is 31.7 Å². The lowest BCUT2D eigenvalue weighted by Crippen LogP contribution is -2.42. The third kappa shape index (κ3) is 6.10. The molecule has 0 bridgehead atoms. The van der Waals surface area contributed by atoms with Crippen molar-refractivity contribution in [3.8, 4) is 0 Å². The molecule has 0 saturated heterocycles. The van der Waals surface area contributed by atoms with Gasteiger partial charge in [0.15, 0.2) is 0 Å². The first kappa shape index (κ1) is 16.6. The summed E-state index contributed by atoms with van der Waals surface area (Å²) in [6, 6.07) is 5.76. The number of hydrogen-bond acceptors (Lipinski definition) is 2. The van der Waals surface area contributed by atoms with Gasteiger partial charge in [0.1, 0.15) is 6.04 Å². The molecule has 1 amide bonds. The van der Waals surface area contributed by atoms with Crippen molar-refractivity contribution >= 4 is 27.8 Å². The molecule has 110 valence electrons. The minimum absolute atomic E-state index is 0.0451. The third-order valence-electron chi connectivity index (χ3n) is 2.58. The van der Waals surface area contributed by atoms with Crippen molar-refractivity contribution in [2.24, 2.45) is 0 Å². The molecule has 0 radical (unpaired) electrons. The van der Waals surface area contributed by atoms with E-state index < -0.39 is 30.8 Å². The Hall–Kier alpha value is -1.50. The molecule has 1 aromatic carbocycles. The molecule has 0 aromatic heterocycles. The molecule has 1 aromatic rings. The lowest BCUT2D eigenvalue weighted by atomic mass is 10.1. The van der Waals surface area contributed by atoms with Crippen LogP contribution in [-0.4, -0.2) is 29.5 Å². The number of halogens is 3. The van der Waals surface area contributed by atoms with Gasteiger partial charge < -0.3 is 10.4 Å². The number of carbonyl (C=O) groups excluding carboxylic acids is 1. The molecule has 4 nitrogen and oxygen atoms in total. The molecule has 0 heterocycles. The number of nitrogens with one attached hydrogen (secondary N) is 1. The number of carbonyl (C=O) groups is 2. The summed E-state index contributed by atoms with van der Waals surface area (Å²) < 4.78 is 25.2. The predicted octanol–water partition coefficient (Wildman–Crippen LogP) is 2.61. The molecule has 20 heavy (non-hydrogen) atoms. The number of carboxylic acid groups (broad SMARTS) is 1. The number of benzene rings is 1. The Balaban J connectivity index is 2.47. The van der Waals surface area contributed by atoms with Crippen LogP contribution in [0.2, 0.25) is 0 Å². The second-order valence-corrected chi connectivity index (χ2v) is 5.13. The standard InChI is InChI=1S/C13H14BrF2NO3/c14-9-3-1-2-8(6-9)4-5-12(18)17-10(13(19)20)7-11(15)16/h1-3,6,10-11H,4-5,7H2,(H,17,18)(H,19,20). The molecule has 0 aliphatic heterocycles. The Morgan fingerprint density at radius 2 is 2.05 bits per heavy atom. The van der Waals surface area contributed by atoms with Gasteiger partial charge in [0, 0.05) is 17.3 Å². The first-order chi connectivity index (χ1) is 9.38. The number of carboxylic acids is 1. The van der Waals surface area contributed by atoms with Crippen molar-refractivity contribution in [3.05, 3.63) is 34.3 Å². The number of aryl methyl sites for hydroxylation is 1. The third-order valence-corrected chi connectivity index (χ3v) is 3.07. The first-order valence-corrected chi connectivity index (χ1v) is 6.72. The molecular weight excluding hydrogens is 336 g/mol. The largest absolute Gasteiger partial charge is 0.480 e. The molecule has 7 heteroatoms. The topological polar surface area (TPSA) is 66.4 Å². The smallest absolute Gasteiger partial charge is 0.326 e. The average molecular weight is 350 g/mol. The Morgan fingerprint density at radius 1 is 1.35 bits per heavy atom. The molecule has 0 spiro atoms. The molecule has 0 saturated carbocycles. The van der Waals surface area contributed by atoms with Crippen LogP contribution in [0.1, 0.15) is 18.4 Å². The fourth-order valence-electron chi connectivity index (χ4n) is 1.62. The number of amides is 1. The van der Waals surface area contributed by atoms with Crippen LogP contribution in [0.25, 0.3) is 0 Å². The molecule has 0 fully saturated rings. The van der Waals surface area contributed by atoms with Crippen molar-refractivity contribution in [1.29, 1.82) is 0 Å². The van der Waals surface area contributed by atoms with Crippen LogP contribution in [-0.2, 0) is 16.0 Å². The Kier molecular flexibility index (Phi) is 6.57. The molecule has 1 unspecified atom stereocenters. The van der Waals surface area contributed by atoms with Gasteiger partial charge in [-0.15, -0.1) is 0 Å². The van der Waals surface area contributed by atoms with Crippen LogP contribution in [0.3, 0.4) is 0 Å². The first-order valence-electron chi connectivity index (χ1n) is 5.93. The van der Waals surface area contributed by atoms with E-state index in [-0.39, 0.29) is 6.42 Å². The zero-order valence-electron chi connectivity index (χ0n) is 10.5.